The highest BCUT2D eigenvalue weighted by Gasteiger charge is 2.27. The van der Waals surface area contributed by atoms with Crippen molar-refractivity contribution in [1.29, 1.82) is 0 Å². The summed E-state index contributed by atoms with van der Waals surface area (Å²) in [4.78, 5) is 21.1. The maximum absolute atomic E-state index is 14.0. The first kappa shape index (κ1) is 20.6. The number of aromatic nitrogens is 2. The molecule has 1 amide bonds. The van der Waals surface area contributed by atoms with Crippen LogP contribution in [0.1, 0.15) is 48.2 Å². The lowest BCUT2D eigenvalue weighted by molar-refractivity contribution is 0.102. The van der Waals surface area contributed by atoms with Crippen molar-refractivity contribution in [2.75, 3.05) is 5.32 Å². The van der Waals surface area contributed by atoms with Crippen LogP contribution in [0.5, 0.6) is 0 Å². The molecule has 1 aromatic carbocycles. The standard InChI is InChI=1S/C22H22F2N4OS/c1-12-7-13(9-14(25)8-12)15-5-6-26-10-18(15)27-21(29)19-11-30-22(28-19)20-16(23)3-2-4-17(20)24/h2-6,10-14H,7-9,25H2,1H3,(H,27,29). The first-order valence-corrected chi connectivity index (χ1v) is 10.7. The number of hydrogen-bond acceptors (Lipinski definition) is 5. The van der Waals surface area contributed by atoms with Crippen LogP contribution in [0.15, 0.2) is 42.0 Å². The number of nitrogens with zero attached hydrogens (tertiary/aromatic N) is 2. The van der Waals surface area contributed by atoms with Crippen molar-refractivity contribution >= 4 is 22.9 Å². The second-order valence-electron chi connectivity index (χ2n) is 7.82. The molecule has 0 spiro atoms. The third-order valence-electron chi connectivity index (χ3n) is 5.44. The van der Waals surface area contributed by atoms with E-state index in [9.17, 15) is 13.6 Å². The highest BCUT2D eigenvalue weighted by atomic mass is 32.1. The predicted molar refractivity (Wildman–Crippen MR) is 113 cm³/mol. The van der Waals surface area contributed by atoms with E-state index < -0.39 is 17.5 Å². The van der Waals surface area contributed by atoms with Gasteiger partial charge in [0.2, 0.25) is 0 Å². The fourth-order valence-electron chi connectivity index (χ4n) is 4.16. The molecule has 3 aromatic rings. The van der Waals surface area contributed by atoms with Crippen molar-refractivity contribution in [3.8, 4) is 10.6 Å². The van der Waals surface area contributed by atoms with Gasteiger partial charge in [-0.15, -0.1) is 11.3 Å². The molecule has 1 aliphatic carbocycles. The number of pyridine rings is 1. The third kappa shape index (κ3) is 4.24. The number of rotatable bonds is 4. The smallest absolute Gasteiger partial charge is 0.275 e. The molecule has 0 bridgehead atoms. The molecule has 4 rings (SSSR count). The number of nitrogens with one attached hydrogen (secondary N) is 1. The fraction of sp³-hybridized carbons (Fsp3) is 0.318. The summed E-state index contributed by atoms with van der Waals surface area (Å²) in [5, 5.41) is 4.47. The Bertz CT molecular complexity index is 1040. The highest BCUT2D eigenvalue weighted by Crippen LogP contribution is 2.38. The van der Waals surface area contributed by atoms with E-state index in [1.165, 1.54) is 11.4 Å². The molecule has 1 saturated carbocycles. The molecule has 30 heavy (non-hydrogen) atoms. The Morgan fingerprint density at radius 2 is 1.97 bits per heavy atom. The fourth-order valence-corrected chi connectivity index (χ4v) is 5.00. The van der Waals surface area contributed by atoms with Gasteiger partial charge in [-0.1, -0.05) is 13.0 Å². The zero-order valence-electron chi connectivity index (χ0n) is 16.4. The molecule has 0 radical (unpaired) electrons. The Hall–Kier alpha value is -2.71. The number of halogens is 2. The van der Waals surface area contributed by atoms with Crippen molar-refractivity contribution in [2.45, 2.75) is 38.1 Å². The van der Waals surface area contributed by atoms with Gasteiger partial charge in [0.25, 0.3) is 5.91 Å². The maximum Gasteiger partial charge on any atom is 0.275 e. The number of benzene rings is 1. The van der Waals surface area contributed by atoms with E-state index in [4.69, 9.17) is 5.73 Å². The van der Waals surface area contributed by atoms with E-state index in [0.717, 1.165) is 48.3 Å². The van der Waals surface area contributed by atoms with Crippen LogP contribution in [0, 0.1) is 17.6 Å². The first-order chi connectivity index (χ1) is 14.4. The average molecular weight is 429 g/mol. The van der Waals surface area contributed by atoms with Crippen LogP contribution in [0.3, 0.4) is 0 Å². The summed E-state index contributed by atoms with van der Waals surface area (Å²) in [6, 6.07) is 5.66. The Balaban J connectivity index is 1.57. The maximum atomic E-state index is 14.0. The second-order valence-corrected chi connectivity index (χ2v) is 8.68. The summed E-state index contributed by atoms with van der Waals surface area (Å²) in [6.45, 7) is 2.18. The van der Waals surface area contributed by atoms with Gasteiger partial charge >= 0.3 is 0 Å². The minimum absolute atomic E-state index is 0.0983. The van der Waals surface area contributed by atoms with Crippen molar-refractivity contribution in [2.24, 2.45) is 11.7 Å². The van der Waals surface area contributed by atoms with Crippen LogP contribution >= 0.6 is 11.3 Å². The number of nitrogens with two attached hydrogens (primary N) is 1. The van der Waals surface area contributed by atoms with Gasteiger partial charge in [0.05, 0.1) is 17.4 Å². The van der Waals surface area contributed by atoms with Gasteiger partial charge in [0, 0.05) is 17.6 Å². The Labute approximate surface area is 177 Å². The number of carbonyl (C=O) groups is 1. The second kappa shape index (κ2) is 8.57. The molecule has 8 heteroatoms. The van der Waals surface area contributed by atoms with E-state index in [1.807, 2.05) is 6.07 Å². The molecule has 3 N–H and O–H groups in total. The first-order valence-electron chi connectivity index (χ1n) is 9.83. The van der Waals surface area contributed by atoms with E-state index in [2.05, 4.69) is 22.2 Å². The molecule has 1 fully saturated rings. The Kier molecular flexibility index (Phi) is 5.87. The van der Waals surface area contributed by atoms with Crippen LogP contribution < -0.4 is 11.1 Å². The van der Waals surface area contributed by atoms with E-state index in [1.54, 1.807) is 12.4 Å². The number of hydrogen-bond donors (Lipinski definition) is 2. The zero-order chi connectivity index (χ0) is 21.3. The van der Waals surface area contributed by atoms with Gasteiger partial charge in [0.1, 0.15) is 22.3 Å². The van der Waals surface area contributed by atoms with Crippen LogP contribution in [-0.4, -0.2) is 21.9 Å². The average Bonchev–Trinajstić information content (AvgIpc) is 3.17. The van der Waals surface area contributed by atoms with Crippen molar-refractivity contribution in [1.82, 2.24) is 9.97 Å². The quantitative estimate of drug-likeness (QED) is 0.615. The van der Waals surface area contributed by atoms with Gasteiger partial charge in [-0.25, -0.2) is 13.8 Å². The minimum atomic E-state index is -0.714. The zero-order valence-corrected chi connectivity index (χ0v) is 17.3. The lowest BCUT2D eigenvalue weighted by atomic mass is 9.76. The van der Waals surface area contributed by atoms with Gasteiger partial charge < -0.3 is 11.1 Å². The van der Waals surface area contributed by atoms with Crippen LogP contribution in [-0.2, 0) is 0 Å². The van der Waals surface area contributed by atoms with Gasteiger partial charge in [-0.2, -0.15) is 0 Å². The van der Waals surface area contributed by atoms with Crippen LogP contribution in [0.25, 0.3) is 10.6 Å². The van der Waals surface area contributed by atoms with Gasteiger partial charge in [-0.05, 0) is 54.9 Å². The molecular formula is C22H22F2N4OS. The molecule has 156 valence electrons. The molecule has 2 heterocycles. The summed E-state index contributed by atoms with van der Waals surface area (Å²) >= 11 is 1.02. The van der Waals surface area contributed by atoms with E-state index >= 15 is 0 Å². The summed E-state index contributed by atoms with van der Waals surface area (Å²) < 4.78 is 28.0. The molecule has 3 atom stereocenters. The summed E-state index contributed by atoms with van der Waals surface area (Å²) in [5.74, 6) is -1.13. The molecule has 0 aliphatic heterocycles. The lowest BCUT2D eigenvalue weighted by Gasteiger charge is -2.32. The largest absolute Gasteiger partial charge is 0.328 e. The number of carbonyl (C=O) groups excluding carboxylic acids is 1. The molecule has 2 aromatic heterocycles. The Morgan fingerprint density at radius 3 is 2.70 bits per heavy atom. The molecular weight excluding hydrogens is 406 g/mol. The lowest BCUT2D eigenvalue weighted by Crippen LogP contribution is -2.31. The number of amides is 1. The minimum Gasteiger partial charge on any atom is -0.328 e. The van der Waals surface area contributed by atoms with E-state index in [-0.39, 0.29) is 28.2 Å². The van der Waals surface area contributed by atoms with Crippen LogP contribution in [0.4, 0.5) is 14.5 Å². The number of thiazole rings is 1. The topological polar surface area (TPSA) is 80.9 Å². The monoisotopic (exact) mass is 428 g/mol. The third-order valence-corrected chi connectivity index (χ3v) is 6.30. The van der Waals surface area contributed by atoms with Crippen molar-refractivity contribution in [3.05, 3.63) is 64.9 Å². The number of anilines is 1. The summed E-state index contributed by atoms with van der Waals surface area (Å²) in [5.41, 5.74) is 7.68. The van der Waals surface area contributed by atoms with E-state index in [0.29, 0.717) is 11.6 Å². The molecule has 3 unspecified atom stereocenters. The molecule has 1 aliphatic rings. The van der Waals surface area contributed by atoms with Gasteiger partial charge in [0.15, 0.2) is 0 Å². The van der Waals surface area contributed by atoms with Crippen molar-refractivity contribution in [3.63, 3.8) is 0 Å². The SMILES string of the molecule is CC1CC(N)CC(c2ccncc2NC(=O)c2csc(-c3c(F)cccc3F)n2)C1. The summed E-state index contributed by atoms with van der Waals surface area (Å²) in [6.07, 6.45) is 6.16. The molecule has 0 saturated heterocycles. The predicted octanol–water partition coefficient (Wildman–Crippen LogP) is 4.97. The van der Waals surface area contributed by atoms with Crippen molar-refractivity contribution < 1.29 is 13.6 Å². The Morgan fingerprint density at radius 1 is 1.20 bits per heavy atom. The highest BCUT2D eigenvalue weighted by molar-refractivity contribution is 7.13. The van der Waals surface area contributed by atoms with Crippen LogP contribution in [0.2, 0.25) is 0 Å². The van der Waals surface area contributed by atoms with Gasteiger partial charge in [-0.3, -0.25) is 9.78 Å². The normalized spacial score (nSPS) is 21.4. The summed E-state index contributed by atoms with van der Waals surface area (Å²) in [7, 11) is 0. The molecule has 5 nitrogen and oxygen atoms in total.